The molecule has 0 radical (unpaired) electrons. The van der Waals surface area contributed by atoms with Crippen LogP contribution in [0.4, 0.5) is 9.59 Å². The van der Waals surface area contributed by atoms with Crippen molar-refractivity contribution >= 4 is 35.3 Å². The standard InChI is InChI=1S/C22H28N2O7/c1-21(2,3)30-19(28)24(20(29)31-22(4,5)6)17(18(26)27)12-23-11-14(13-25)15-9-7-8-10-16(15)23/h7-11,13,17H,12H2,1-6H3,(H,26,27)/t17-/m0/s1. The van der Waals surface area contributed by atoms with Crippen molar-refractivity contribution in [3.8, 4) is 0 Å². The molecule has 0 aliphatic heterocycles. The number of hydrogen-bond donors (Lipinski definition) is 1. The van der Waals surface area contributed by atoms with Gasteiger partial charge in [-0.05, 0) is 47.6 Å². The van der Waals surface area contributed by atoms with Gasteiger partial charge in [0.05, 0.1) is 6.54 Å². The number of carbonyl (C=O) groups excluding carboxylic acids is 3. The van der Waals surface area contributed by atoms with Crippen molar-refractivity contribution in [1.82, 2.24) is 9.47 Å². The quantitative estimate of drug-likeness (QED) is 0.708. The average molecular weight is 432 g/mol. The fraction of sp³-hybridized carbons (Fsp3) is 0.455. The molecule has 0 aliphatic carbocycles. The second kappa shape index (κ2) is 8.79. The van der Waals surface area contributed by atoms with Crippen molar-refractivity contribution in [2.75, 3.05) is 0 Å². The molecule has 0 spiro atoms. The molecule has 1 atom stereocenters. The first-order chi connectivity index (χ1) is 14.2. The van der Waals surface area contributed by atoms with Gasteiger partial charge >= 0.3 is 18.2 Å². The van der Waals surface area contributed by atoms with E-state index in [1.807, 2.05) is 0 Å². The fourth-order valence-electron chi connectivity index (χ4n) is 2.93. The number of carbonyl (C=O) groups is 4. The molecular weight excluding hydrogens is 404 g/mol. The molecule has 0 saturated heterocycles. The first-order valence-electron chi connectivity index (χ1n) is 9.74. The maximum Gasteiger partial charge on any atom is 0.420 e. The zero-order valence-corrected chi connectivity index (χ0v) is 18.5. The van der Waals surface area contributed by atoms with Gasteiger partial charge in [0.2, 0.25) is 0 Å². The zero-order chi connectivity index (χ0) is 23.6. The van der Waals surface area contributed by atoms with E-state index in [2.05, 4.69) is 0 Å². The Bertz CT molecular complexity index is 967. The number of para-hydroxylation sites is 1. The van der Waals surface area contributed by atoms with Crippen molar-refractivity contribution in [3.63, 3.8) is 0 Å². The lowest BCUT2D eigenvalue weighted by Crippen LogP contribution is -2.53. The van der Waals surface area contributed by atoms with Gasteiger partial charge in [-0.15, -0.1) is 0 Å². The van der Waals surface area contributed by atoms with Gasteiger partial charge in [-0.3, -0.25) is 4.79 Å². The van der Waals surface area contributed by atoms with E-state index in [-0.39, 0.29) is 6.54 Å². The van der Waals surface area contributed by atoms with Gasteiger partial charge in [0.25, 0.3) is 0 Å². The summed E-state index contributed by atoms with van der Waals surface area (Å²) in [5.74, 6) is -1.43. The highest BCUT2D eigenvalue weighted by Gasteiger charge is 2.40. The summed E-state index contributed by atoms with van der Waals surface area (Å²) in [5, 5.41) is 10.5. The van der Waals surface area contributed by atoms with Crippen molar-refractivity contribution in [2.45, 2.75) is 65.3 Å². The van der Waals surface area contributed by atoms with E-state index in [0.717, 1.165) is 0 Å². The molecule has 0 fully saturated rings. The van der Waals surface area contributed by atoms with E-state index >= 15 is 0 Å². The van der Waals surface area contributed by atoms with Crippen LogP contribution in [-0.2, 0) is 20.8 Å². The predicted octanol–water partition coefficient (Wildman–Crippen LogP) is 4.08. The lowest BCUT2D eigenvalue weighted by molar-refractivity contribution is -0.143. The molecule has 1 aromatic heterocycles. The number of aldehydes is 1. The largest absolute Gasteiger partial charge is 0.480 e. The summed E-state index contributed by atoms with van der Waals surface area (Å²) in [6.07, 6.45) is -0.133. The van der Waals surface area contributed by atoms with Crippen molar-refractivity contribution in [1.29, 1.82) is 0 Å². The predicted molar refractivity (Wildman–Crippen MR) is 113 cm³/mol. The van der Waals surface area contributed by atoms with Gasteiger partial charge in [0.1, 0.15) is 11.2 Å². The third kappa shape index (κ3) is 6.07. The molecule has 0 bridgehead atoms. The van der Waals surface area contributed by atoms with E-state index < -0.39 is 35.4 Å². The number of amides is 2. The Hall–Kier alpha value is -3.36. The minimum absolute atomic E-state index is 0.303. The Kier molecular flexibility index (Phi) is 6.78. The lowest BCUT2D eigenvalue weighted by Gasteiger charge is -2.32. The number of carboxylic acids is 1. The van der Waals surface area contributed by atoms with Crippen LogP contribution < -0.4 is 0 Å². The molecule has 2 amide bonds. The van der Waals surface area contributed by atoms with Crippen molar-refractivity contribution in [3.05, 3.63) is 36.0 Å². The Morgan fingerprint density at radius 2 is 1.55 bits per heavy atom. The zero-order valence-electron chi connectivity index (χ0n) is 18.5. The summed E-state index contributed by atoms with van der Waals surface area (Å²) in [6.45, 7) is 9.30. The number of imide groups is 1. The topological polar surface area (TPSA) is 115 Å². The first kappa shape index (κ1) is 23.9. The average Bonchev–Trinajstić information content (AvgIpc) is 2.96. The van der Waals surface area contributed by atoms with Gasteiger partial charge in [-0.2, -0.15) is 4.90 Å². The fourth-order valence-corrected chi connectivity index (χ4v) is 2.93. The molecule has 9 nitrogen and oxygen atoms in total. The molecule has 0 unspecified atom stereocenters. The van der Waals surface area contributed by atoms with Crippen LogP contribution in [0.1, 0.15) is 51.9 Å². The summed E-state index contributed by atoms with van der Waals surface area (Å²) in [6, 6.07) is 5.29. The summed E-state index contributed by atoms with van der Waals surface area (Å²) in [4.78, 5) is 49.7. The number of ether oxygens (including phenoxy) is 2. The van der Waals surface area contributed by atoms with Gasteiger partial charge in [0, 0.05) is 22.7 Å². The normalized spacial score (nSPS) is 12.8. The van der Waals surface area contributed by atoms with Crippen LogP contribution in [0.25, 0.3) is 10.9 Å². The number of fused-ring (bicyclic) bond motifs is 1. The second-order valence-electron chi connectivity index (χ2n) is 9.06. The molecular formula is C22H28N2O7. The Balaban J connectivity index is 2.52. The minimum atomic E-state index is -1.64. The monoisotopic (exact) mass is 432 g/mol. The number of hydrogen-bond acceptors (Lipinski definition) is 6. The number of nitrogens with zero attached hydrogens (tertiary/aromatic N) is 2. The molecule has 9 heteroatoms. The van der Waals surface area contributed by atoms with Gasteiger partial charge < -0.3 is 19.1 Å². The Morgan fingerprint density at radius 3 is 2.00 bits per heavy atom. The SMILES string of the molecule is CC(C)(C)OC(=O)N(C(=O)OC(C)(C)C)[C@@H](Cn1cc(C=O)c2ccccc21)C(=O)O. The van der Waals surface area contributed by atoms with Gasteiger partial charge in [0.15, 0.2) is 12.3 Å². The van der Waals surface area contributed by atoms with Gasteiger partial charge in [-0.1, -0.05) is 18.2 Å². The number of carboxylic acid groups (broad SMARTS) is 1. The Morgan fingerprint density at radius 1 is 1.03 bits per heavy atom. The molecule has 168 valence electrons. The summed E-state index contributed by atoms with van der Waals surface area (Å²) in [7, 11) is 0. The van der Waals surface area contributed by atoms with Crippen LogP contribution in [0.5, 0.6) is 0 Å². The number of benzene rings is 1. The van der Waals surface area contributed by atoms with Crippen molar-refractivity contribution in [2.24, 2.45) is 0 Å². The van der Waals surface area contributed by atoms with E-state index in [0.29, 0.717) is 27.7 Å². The summed E-state index contributed by atoms with van der Waals surface area (Å²) < 4.78 is 12.1. The van der Waals surface area contributed by atoms with Crippen molar-refractivity contribution < 1.29 is 33.8 Å². The second-order valence-corrected chi connectivity index (χ2v) is 9.06. The molecule has 1 N–H and O–H groups in total. The third-order valence-corrected chi connectivity index (χ3v) is 4.09. The van der Waals surface area contributed by atoms with E-state index in [1.54, 1.807) is 65.8 Å². The molecule has 1 aromatic carbocycles. The minimum Gasteiger partial charge on any atom is -0.480 e. The van der Waals surface area contributed by atoms with Gasteiger partial charge in [-0.25, -0.2) is 14.4 Å². The summed E-state index contributed by atoms with van der Waals surface area (Å²) in [5.41, 5.74) is -0.985. The smallest absolute Gasteiger partial charge is 0.420 e. The number of aromatic nitrogens is 1. The van der Waals surface area contributed by atoms with Crippen LogP contribution in [0.2, 0.25) is 0 Å². The Labute approximate surface area is 180 Å². The van der Waals surface area contributed by atoms with Crippen LogP contribution in [0.3, 0.4) is 0 Å². The molecule has 1 heterocycles. The van der Waals surface area contributed by atoms with E-state index in [9.17, 15) is 24.3 Å². The molecule has 0 saturated carbocycles. The molecule has 0 aliphatic rings. The maximum atomic E-state index is 12.8. The lowest BCUT2D eigenvalue weighted by atomic mass is 10.2. The molecule has 31 heavy (non-hydrogen) atoms. The molecule has 2 aromatic rings. The maximum absolute atomic E-state index is 12.8. The first-order valence-corrected chi connectivity index (χ1v) is 9.74. The van der Waals surface area contributed by atoms with Crippen LogP contribution in [0, 0.1) is 0 Å². The third-order valence-electron chi connectivity index (χ3n) is 4.09. The van der Waals surface area contributed by atoms with Crippen LogP contribution in [0.15, 0.2) is 30.5 Å². The number of aliphatic carboxylic acids is 1. The van der Waals surface area contributed by atoms with Crippen LogP contribution in [-0.4, -0.2) is 56.3 Å². The highest BCUT2D eigenvalue weighted by Crippen LogP contribution is 2.23. The number of rotatable bonds is 5. The highest BCUT2D eigenvalue weighted by molar-refractivity contribution is 5.98. The molecule has 2 rings (SSSR count). The van der Waals surface area contributed by atoms with E-state index in [1.165, 1.54) is 10.8 Å². The van der Waals surface area contributed by atoms with E-state index in [4.69, 9.17) is 9.47 Å². The highest BCUT2D eigenvalue weighted by atomic mass is 16.6. The summed E-state index contributed by atoms with van der Waals surface area (Å²) >= 11 is 0. The van der Waals surface area contributed by atoms with Crippen LogP contribution >= 0.6 is 0 Å².